The Bertz CT molecular complexity index is 567. The Morgan fingerprint density at radius 1 is 1.00 bits per heavy atom. The van der Waals surface area contributed by atoms with E-state index in [9.17, 15) is 4.39 Å². The van der Waals surface area contributed by atoms with Gasteiger partial charge in [-0.15, -0.1) is 0 Å². The molecule has 0 atom stereocenters. The largest absolute Gasteiger partial charge is 0.250 e. The summed E-state index contributed by atoms with van der Waals surface area (Å²) in [6.45, 7) is 1.66. The van der Waals surface area contributed by atoms with Crippen LogP contribution in [0.15, 0.2) is 24.3 Å². The summed E-state index contributed by atoms with van der Waals surface area (Å²) in [7, 11) is 0. The lowest BCUT2D eigenvalue weighted by molar-refractivity contribution is 0.628. The lowest BCUT2D eigenvalue weighted by atomic mass is 10.2. The second-order valence-corrected chi connectivity index (χ2v) is 5.82. The minimum atomic E-state index is -1.72. The van der Waals surface area contributed by atoms with Gasteiger partial charge in [-0.05, 0) is 31.2 Å². The van der Waals surface area contributed by atoms with Gasteiger partial charge >= 0.3 is 0 Å². The van der Waals surface area contributed by atoms with Gasteiger partial charge in [0.15, 0.2) is 11.6 Å². The van der Waals surface area contributed by atoms with E-state index in [0.717, 1.165) is 0 Å². The number of hydrogen-bond donors (Lipinski definition) is 0. The predicted molar refractivity (Wildman–Crippen MR) is 69.2 cm³/mol. The van der Waals surface area contributed by atoms with E-state index in [0.29, 0.717) is 17.2 Å². The molecule has 2 rings (SSSR count). The SMILES string of the molecule is Cc1nc(-c2ccc(F)cc2)nc(C(Cl)(Cl)Cl)n1. The van der Waals surface area contributed by atoms with Crippen molar-refractivity contribution in [3.8, 4) is 11.4 Å². The summed E-state index contributed by atoms with van der Waals surface area (Å²) in [5.74, 6) is 0.458. The van der Waals surface area contributed by atoms with Gasteiger partial charge in [-0.25, -0.2) is 19.3 Å². The highest BCUT2D eigenvalue weighted by Gasteiger charge is 2.27. The van der Waals surface area contributed by atoms with Gasteiger partial charge in [0.2, 0.25) is 3.79 Å². The molecule has 1 aromatic heterocycles. The Hall–Kier alpha value is -0.970. The summed E-state index contributed by atoms with van der Waals surface area (Å²) in [5.41, 5.74) is 0.623. The summed E-state index contributed by atoms with van der Waals surface area (Å²) >= 11 is 17.2. The van der Waals surface area contributed by atoms with E-state index >= 15 is 0 Å². The lowest BCUT2D eigenvalue weighted by Gasteiger charge is -2.11. The van der Waals surface area contributed by atoms with Gasteiger partial charge in [0.25, 0.3) is 0 Å². The third-order valence-electron chi connectivity index (χ3n) is 2.10. The van der Waals surface area contributed by atoms with Crippen molar-refractivity contribution in [2.75, 3.05) is 0 Å². The number of aryl methyl sites for hydroxylation is 1. The minimum Gasteiger partial charge on any atom is -0.214 e. The van der Waals surface area contributed by atoms with Crippen molar-refractivity contribution in [2.24, 2.45) is 0 Å². The number of halogens is 4. The Morgan fingerprint density at radius 2 is 1.61 bits per heavy atom. The van der Waals surface area contributed by atoms with Crippen molar-refractivity contribution in [3.05, 3.63) is 41.7 Å². The van der Waals surface area contributed by atoms with Gasteiger partial charge in [0.05, 0.1) is 0 Å². The molecule has 18 heavy (non-hydrogen) atoms. The van der Waals surface area contributed by atoms with Crippen LogP contribution in [-0.2, 0) is 3.79 Å². The second kappa shape index (κ2) is 4.96. The highest BCUT2D eigenvalue weighted by molar-refractivity contribution is 6.66. The molecule has 0 N–H and O–H groups in total. The summed E-state index contributed by atoms with van der Waals surface area (Å²) < 4.78 is 11.1. The maximum Gasteiger partial charge on any atom is 0.250 e. The van der Waals surface area contributed by atoms with Crippen LogP contribution in [-0.4, -0.2) is 15.0 Å². The van der Waals surface area contributed by atoms with E-state index in [1.165, 1.54) is 12.1 Å². The standard InChI is InChI=1S/C11H7Cl3FN3/c1-6-16-9(7-2-4-8(15)5-3-7)18-10(17-6)11(12,13)14/h2-5H,1H3. The van der Waals surface area contributed by atoms with E-state index in [4.69, 9.17) is 34.8 Å². The van der Waals surface area contributed by atoms with Gasteiger partial charge in [-0.3, -0.25) is 0 Å². The molecule has 3 nitrogen and oxygen atoms in total. The van der Waals surface area contributed by atoms with Crippen molar-refractivity contribution in [2.45, 2.75) is 10.7 Å². The van der Waals surface area contributed by atoms with Crippen LogP contribution in [0.1, 0.15) is 11.6 Å². The summed E-state index contributed by atoms with van der Waals surface area (Å²) in [6.07, 6.45) is 0. The molecule has 0 amide bonds. The molecule has 0 radical (unpaired) electrons. The maximum atomic E-state index is 12.8. The zero-order valence-corrected chi connectivity index (χ0v) is 11.4. The van der Waals surface area contributed by atoms with Crippen molar-refractivity contribution >= 4 is 34.8 Å². The topological polar surface area (TPSA) is 38.7 Å². The highest BCUT2D eigenvalue weighted by atomic mass is 35.6. The normalized spacial score (nSPS) is 11.6. The molecule has 94 valence electrons. The Balaban J connectivity index is 2.52. The number of hydrogen-bond acceptors (Lipinski definition) is 3. The van der Waals surface area contributed by atoms with Crippen LogP contribution in [0.5, 0.6) is 0 Å². The maximum absolute atomic E-state index is 12.8. The fourth-order valence-corrected chi connectivity index (χ4v) is 1.59. The number of alkyl halides is 3. The molecule has 1 heterocycles. The van der Waals surface area contributed by atoms with Crippen molar-refractivity contribution in [1.82, 2.24) is 15.0 Å². The second-order valence-electron chi connectivity index (χ2n) is 3.53. The molecular weight excluding hydrogens is 299 g/mol. The van der Waals surface area contributed by atoms with Gasteiger partial charge in [-0.2, -0.15) is 0 Å². The molecule has 0 aliphatic carbocycles. The monoisotopic (exact) mass is 305 g/mol. The van der Waals surface area contributed by atoms with Crippen LogP contribution in [0.4, 0.5) is 4.39 Å². The summed E-state index contributed by atoms with van der Waals surface area (Å²) in [4.78, 5) is 12.1. The number of benzene rings is 1. The van der Waals surface area contributed by atoms with Gasteiger partial charge in [0, 0.05) is 5.56 Å². The highest BCUT2D eigenvalue weighted by Crippen LogP contribution is 2.36. The first kappa shape index (κ1) is 13.5. The minimum absolute atomic E-state index is 0.0410. The molecule has 0 fully saturated rings. The molecule has 0 unspecified atom stereocenters. The van der Waals surface area contributed by atoms with Crippen LogP contribution in [0, 0.1) is 12.7 Å². The average Bonchev–Trinajstić information content (AvgIpc) is 2.28. The Morgan fingerprint density at radius 3 is 2.17 bits per heavy atom. The lowest BCUT2D eigenvalue weighted by Crippen LogP contribution is -2.11. The fourth-order valence-electron chi connectivity index (χ4n) is 1.34. The third kappa shape index (κ3) is 3.07. The van der Waals surface area contributed by atoms with Gasteiger partial charge in [-0.1, -0.05) is 34.8 Å². The molecule has 0 aliphatic rings. The zero-order chi connectivity index (χ0) is 13.3. The first-order valence-corrected chi connectivity index (χ1v) is 6.05. The van der Waals surface area contributed by atoms with Crippen LogP contribution in [0.3, 0.4) is 0 Å². The molecule has 2 aromatic rings. The van der Waals surface area contributed by atoms with Crippen molar-refractivity contribution < 1.29 is 4.39 Å². The molecule has 0 saturated carbocycles. The number of rotatable bonds is 1. The van der Waals surface area contributed by atoms with Crippen molar-refractivity contribution in [1.29, 1.82) is 0 Å². The summed E-state index contributed by atoms with van der Waals surface area (Å²) in [5, 5.41) is 0. The predicted octanol–water partition coefficient (Wildman–Crippen LogP) is 3.81. The number of aromatic nitrogens is 3. The quantitative estimate of drug-likeness (QED) is 0.752. The smallest absolute Gasteiger partial charge is 0.214 e. The molecule has 0 spiro atoms. The zero-order valence-electron chi connectivity index (χ0n) is 9.16. The summed E-state index contributed by atoms with van der Waals surface area (Å²) in [6, 6.07) is 5.71. The Kier molecular flexibility index (Phi) is 3.71. The van der Waals surface area contributed by atoms with Crippen LogP contribution < -0.4 is 0 Å². The van der Waals surface area contributed by atoms with Crippen LogP contribution in [0.2, 0.25) is 0 Å². The van der Waals surface area contributed by atoms with E-state index in [1.54, 1.807) is 19.1 Å². The fraction of sp³-hybridized carbons (Fsp3) is 0.182. The average molecular weight is 307 g/mol. The molecule has 0 aliphatic heterocycles. The number of nitrogens with zero attached hydrogens (tertiary/aromatic N) is 3. The Labute approximate surface area is 118 Å². The first-order valence-electron chi connectivity index (χ1n) is 4.92. The van der Waals surface area contributed by atoms with E-state index in [-0.39, 0.29) is 11.6 Å². The first-order chi connectivity index (χ1) is 8.36. The molecule has 1 aromatic carbocycles. The van der Waals surface area contributed by atoms with E-state index in [1.807, 2.05) is 0 Å². The van der Waals surface area contributed by atoms with Crippen molar-refractivity contribution in [3.63, 3.8) is 0 Å². The van der Waals surface area contributed by atoms with Gasteiger partial charge < -0.3 is 0 Å². The van der Waals surface area contributed by atoms with Crippen LogP contribution in [0.25, 0.3) is 11.4 Å². The van der Waals surface area contributed by atoms with E-state index < -0.39 is 3.79 Å². The van der Waals surface area contributed by atoms with Gasteiger partial charge in [0.1, 0.15) is 11.6 Å². The third-order valence-corrected chi connectivity index (χ3v) is 2.61. The molecule has 7 heteroatoms. The molecule has 0 bridgehead atoms. The van der Waals surface area contributed by atoms with E-state index in [2.05, 4.69) is 15.0 Å². The molecular formula is C11H7Cl3FN3. The van der Waals surface area contributed by atoms with Crippen LogP contribution >= 0.6 is 34.8 Å². The molecule has 0 saturated heterocycles.